The van der Waals surface area contributed by atoms with Crippen LogP contribution in [0.1, 0.15) is 5.56 Å². The molecule has 18 heavy (non-hydrogen) atoms. The van der Waals surface area contributed by atoms with E-state index in [4.69, 9.17) is 0 Å². The summed E-state index contributed by atoms with van der Waals surface area (Å²) in [7, 11) is 1.60. The van der Waals surface area contributed by atoms with Crippen LogP contribution in [0.2, 0.25) is 0 Å². The predicted octanol–water partition coefficient (Wildman–Crippen LogP) is 3.56. The number of hydrogen-bond donors (Lipinski definition) is 1. The Morgan fingerprint density at radius 2 is 1.89 bits per heavy atom. The molecule has 0 aliphatic carbocycles. The summed E-state index contributed by atoms with van der Waals surface area (Å²) in [5, 5.41) is 3.13. The van der Waals surface area contributed by atoms with E-state index in [0.717, 1.165) is 12.1 Å². The number of anilines is 1. The van der Waals surface area contributed by atoms with Crippen molar-refractivity contribution in [2.75, 3.05) is 24.2 Å². The summed E-state index contributed by atoms with van der Waals surface area (Å²) in [5.74, 6) is 0. The molecule has 1 N–H and O–H groups in total. The third-order valence-corrected chi connectivity index (χ3v) is 2.58. The van der Waals surface area contributed by atoms with Gasteiger partial charge in [0.25, 0.3) is 0 Å². The highest BCUT2D eigenvalue weighted by atomic mass is 79.9. The van der Waals surface area contributed by atoms with Crippen LogP contribution >= 0.6 is 15.9 Å². The van der Waals surface area contributed by atoms with E-state index in [1.54, 1.807) is 7.05 Å². The van der Waals surface area contributed by atoms with Gasteiger partial charge in [0.05, 0.1) is 5.56 Å². The second-order valence-electron chi connectivity index (χ2n) is 3.62. The minimum Gasteiger partial charge on any atom is -0.327 e. The van der Waals surface area contributed by atoms with E-state index in [0.29, 0.717) is 17.6 Å². The predicted molar refractivity (Wildman–Crippen MR) is 66.9 cm³/mol. The van der Waals surface area contributed by atoms with Crippen molar-refractivity contribution < 1.29 is 18.0 Å². The molecule has 0 saturated carbocycles. The first-order chi connectivity index (χ1) is 8.34. The Kier molecular flexibility index (Phi) is 5.01. The van der Waals surface area contributed by atoms with Crippen LogP contribution < -0.4 is 5.32 Å². The Hall–Kier alpha value is -1.24. The van der Waals surface area contributed by atoms with Gasteiger partial charge in [0.1, 0.15) is 0 Å². The zero-order valence-corrected chi connectivity index (χ0v) is 11.2. The Morgan fingerprint density at radius 3 is 2.33 bits per heavy atom. The van der Waals surface area contributed by atoms with E-state index in [2.05, 4.69) is 21.2 Å². The van der Waals surface area contributed by atoms with Crippen LogP contribution in [0.3, 0.4) is 0 Å². The molecule has 0 bridgehead atoms. The number of urea groups is 1. The maximum atomic E-state index is 12.3. The van der Waals surface area contributed by atoms with Crippen LogP contribution in [0.4, 0.5) is 23.7 Å². The third kappa shape index (κ3) is 4.21. The molecular weight excluding hydrogens is 313 g/mol. The summed E-state index contributed by atoms with van der Waals surface area (Å²) in [6.07, 6.45) is -4.37. The number of amides is 2. The van der Waals surface area contributed by atoms with E-state index >= 15 is 0 Å². The third-order valence-electron chi connectivity index (χ3n) is 2.23. The molecule has 0 aromatic heterocycles. The number of carbonyl (C=O) groups excluding carboxylic acids is 1. The standard InChI is InChI=1S/C11H12BrF3N2O/c1-17(7-6-12)10(18)16-9-4-2-8(3-5-9)11(13,14)15/h2-5H,6-7H2,1H3,(H,16,18). The number of benzene rings is 1. The molecular formula is C11H12BrF3N2O. The molecule has 0 saturated heterocycles. The normalized spacial score (nSPS) is 11.2. The van der Waals surface area contributed by atoms with E-state index in [1.807, 2.05) is 0 Å². The van der Waals surface area contributed by atoms with Crippen LogP contribution in [0.5, 0.6) is 0 Å². The first kappa shape index (κ1) is 14.8. The van der Waals surface area contributed by atoms with E-state index < -0.39 is 11.7 Å². The highest BCUT2D eigenvalue weighted by Crippen LogP contribution is 2.29. The lowest BCUT2D eigenvalue weighted by Gasteiger charge is -2.16. The highest BCUT2D eigenvalue weighted by molar-refractivity contribution is 9.09. The van der Waals surface area contributed by atoms with Crippen molar-refractivity contribution in [3.05, 3.63) is 29.8 Å². The fraction of sp³-hybridized carbons (Fsp3) is 0.364. The molecule has 1 aromatic rings. The van der Waals surface area contributed by atoms with Crippen LogP contribution in [0, 0.1) is 0 Å². The zero-order valence-electron chi connectivity index (χ0n) is 9.59. The van der Waals surface area contributed by atoms with Crippen LogP contribution in [-0.4, -0.2) is 29.9 Å². The number of nitrogens with zero attached hydrogens (tertiary/aromatic N) is 1. The van der Waals surface area contributed by atoms with Gasteiger partial charge in [-0.1, -0.05) is 15.9 Å². The average molecular weight is 325 g/mol. The summed E-state index contributed by atoms with van der Waals surface area (Å²) >= 11 is 3.19. The summed E-state index contributed by atoms with van der Waals surface area (Å²) in [4.78, 5) is 13.0. The van der Waals surface area contributed by atoms with Crippen molar-refractivity contribution in [2.24, 2.45) is 0 Å². The molecule has 2 amide bonds. The van der Waals surface area contributed by atoms with Gasteiger partial charge in [0.15, 0.2) is 0 Å². The van der Waals surface area contributed by atoms with Crippen molar-refractivity contribution in [2.45, 2.75) is 6.18 Å². The summed E-state index contributed by atoms with van der Waals surface area (Å²) < 4.78 is 36.9. The number of alkyl halides is 4. The van der Waals surface area contributed by atoms with E-state index in [1.165, 1.54) is 17.0 Å². The molecule has 0 heterocycles. The number of rotatable bonds is 3. The van der Waals surface area contributed by atoms with Gasteiger partial charge >= 0.3 is 12.2 Å². The van der Waals surface area contributed by atoms with Gasteiger partial charge < -0.3 is 10.2 Å². The fourth-order valence-electron chi connectivity index (χ4n) is 1.19. The highest BCUT2D eigenvalue weighted by Gasteiger charge is 2.29. The minimum atomic E-state index is -4.37. The molecule has 100 valence electrons. The Morgan fingerprint density at radius 1 is 1.33 bits per heavy atom. The smallest absolute Gasteiger partial charge is 0.327 e. The number of hydrogen-bond acceptors (Lipinski definition) is 1. The first-order valence-electron chi connectivity index (χ1n) is 5.10. The lowest BCUT2D eigenvalue weighted by Crippen LogP contribution is -2.32. The molecule has 1 rings (SSSR count). The van der Waals surface area contributed by atoms with Gasteiger partial charge in [0, 0.05) is 24.6 Å². The largest absolute Gasteiger partial charge is 0.416 e. The van der Waals surface area contributed by atoms with Crippen molar-refractivity contribution in [1.82, 2.24) is 4.90 Å². The molecule has 1 aromatic carbocycles. The molecule has 0 fully saturated rings. The molecule has 0 aliphatic heterocycles. The zero-order chi connectivity index (χ0) is 13.8. The quantitative estimate of drug-likeness (QED) is 0.847. The molecule has 0 spiro atoms. The topological polar surface area (TPSA) is 32.3 Å². The summed E-state index contributed by atoms with van der Waals surface area (Å²) in [5.41, 5.74) is -0.413. The van der Waals surface area contributed by atoms with Crippen LogP contribution in [0.15, 0.2) is 24.3 Å². The van der Waals surface area contributed by atoms with Gasteiger partial charge in [-0.2, -0.15) is 13.2 Å². The van der Waals surface area contributed by atoms with Gasteiger partial charge in [-0.15, -0.1) is 0 Å². The number of halogens is 4. The lowest BCUT2D eigenvalue weighted by atomic mass is 10.2. The molecule has 0 atom stereocenters. The summed E-state index contributed by atoms with van der Waals surface area (Å²) in [6, 6.07) is 3.94. The molecule has 7 heteroatoms. The number of carbonyl (C=O) groups is 1. The second kappa shape index (κ2) is 6.08. The van der Waals surface area contributed by atoms with E-state index in [9.17, 15) is 18.0 Å². The number of nitrogens with one attached hydrogen (secondary N) is 1. The SMILES string of the molecule is CN(CCBr)C(=O)Nc1ccc(C(F)(F)F)cc1. The molecule has 0 unspecified atom stereocenters. The first-order valence-corrected chi connectivity index (χ1v) is 6.22. The van der Waals surface area contributed by atoms with Gasteiger partial charge in [-0.25, -0.2) is 4.79 Å². The average Bonchev–Trinajstić information content (AvgIpc) is 2.28. The molecule has 0 aliphatic rings. The molecule has 3 nitrogen and oxygen atoms in total. The fourth-order valence-corrected chi connectivity index (χ4v) is 1.72. The van der Waals surface area contributed by atoms with Gasteiger partial charge in [-0.3, -0.25) is 0 Å². The van der Waals surface area contributed by atoms with Crippen molar-refractivity contribution in [1.29, 1.82) is 0 Å². The van der Waals surface area contributed by atoms with Crippen molar-refractivity contribution in [3.63, 3.8) is 0 Å². The minimum absolute atomic E-state index is 0.328. The monoisotopic (exact) mass is 324 g/mol. The lowest BCUT2D eigenvalue weighted by molar-refractivity contribution is -0.137. The maximum Gasteiger partial charge on any atom is 0.416 e. The summed E-state index contributed by atoms with van der Waals surface area (Å²) in [6.45, 7) is 0.506. The van der Waals surface area contributed by atoms with Crippen molar-refractivity contribution in [3.8, 4) is 0 Å². The van der Waals surface area contributed by atoms with Gasteiger partial charge in [0.2, 0.25) is 0 Å². The van der Waals surface area contributed by atoms with E-state index in [-0.39, 0.29) is 6.03 Å². The Balaban J connectivity index is 2.67. The van der Waals surface area contributed by atoms with Crippen LogP contribution in [0.25, 0.3) is 0 Å². The van der Waals surface area contributed by atoms with Crippen molar-refractivity contribution >= 4 is 27.6 Å². The Labute approximate surface area is 111 Å². The molecule has 0 radical (unpaired) electrons. The van der Waals surface area contributed by atoms with Gasteiger partial charge in [-0.05, 0) is 24.3 Å². The second-order valence-corrected chi connectivity index (χ2v) is 4.41. The van der Waals surface area contributed by atoms with Crippen LogP contribution in [-0.2, 0) is 6.18 Å². The Bertz CT molecular complexity index is 406. The maximum absolute atomic E-state index is 12.3.